The van der Waals surface area contributed by atoms with E-state index in [0.717, 1.165) is 19.6 Å². The van der Waals surface area contributed by atoms with Gasteiger partial charge in [0.15, 0.2) is 0 Å². The number of hydrogen-bond donors (Lipinski definition) is 2. The summed E-state index contributed by atoms with van der Waals surface area (Å²) >= 11 is 0. The Kier molecular flexibility index (Phi) is 2.97. The van der Waals surface area contributed by atoms with Gasteiger partial charge in [0.1, 0.15) is 17.2 Å². The van der Waals surface area contributed by atoms with Gasteiger partial charge in [-0.25, -0.2) is 0 Å². The molecule has 1 atom stereocenters. The van der Waals surface area contributed by atoms with Gasteiger partial charge in [-0.05, 0) is 18.6 Å². The fraction of sp³-hybridized carbons (Fsp3) is 0.455. The summed E-state index contributed by atoms with van der Waals surface area (Å²) in [5, 5.41) is 9.36. The first kappa shape index (κ1) is 10.1. The second-order valence-corrected chi connectivity index (χ2v) is 3.73. The molecule has 1 aromatic rings. The van der Waals surface area contributed by atoms with E-state index in [2.05, 4.69) is 0 Å². The minimum Gasteiger partial charge on any atom is -0.506 e. The van der Waals surface area contributed by atoms with Gasteiger partial charge in [-0.15, -0.1) is 0 Å². The maximum absolute atomic E-state index is 9.36. The molecule has 82 valence electrons. The molecular formula is C11H15NO3. The summed E-state index contributed by atoms with van der Waals surface area (Å²) in [4.78, 5) is 0. The van der Waals surface area contributed by atoms with E-state index in [4.69, 9.17) is 15.2 Å². The van der Waals surface area contributed by atoms with E-state index >= 15 is 0 Å². The molecule has 1 heterocycles. The Morgan fingerprint density at radius 1 is 1.53 bits per heavy atom. The highest BCUT2D eigenvalue weighted by atomic mass is 16.5. The van der Waals surface area contributed by atoms with Crippen LogP contribution in [-0.4, -0.2) is 24.9 Å². The lowest BCUT2D eigenvalue weighted by Crippen LogP contribution is -2.12. The Bertz CT molecular complexity index is 335. The first-order chi connectivity index (χ1) is 7.27. The zero-order valence-corrected chi connectivity index (χ0v) is 8.48. The SMILES string of the molecule is Nc1c(O)cccc1OCC1CCOC1. The molecule has 1 aliphatic rings. The van der Waals surface area contributed by atoms with E-state index in [-0.39, 0.29) is 5.75 Å². The number of para-hydroxylation sites is 1. The minimum atomic E-state index is 0.0650. The van der Waals surface area contributed by atoms with Crippen molar-refractivity contribution in [3.63, 3.8) is 0 Å². The first-order valence-electron chi connectivity index (χ1n) is 5.05. The lowest BCUT2D eigenvalue weighted by Gasteiger charge is -2.12. The molecule has 0 radical (unpaired) electrons. The standard InChI is InChI=1S/C11H15NO3/c12-11-9(13)2-1-3-10(11)15-7-8-4-5-14-6-8/h1-3,8,13H,4-7,12H2. The number of phenolic OH excluding ortho intramolecular Hbond substituents is 1. The van der Waals surface area contributed by atoms with Crippen molar-refractivity contribution in [1.29, 1.82) is 0 Å². The number of ether oxygens (including phenoxy) is 2. The van der Waals surface area contributed by atoms with Gasteiger partial charge in [0.25, 0.3) is 0 Å². The lowest BCUT2D eigenvalue weighted by atomic mass is 10.1. The smallest absolute Gasteiger partial charge is 0.146 e. The predicted molar refractivity (Wildman–Crippen MR) is 56.9 cm³/mol. The topological polar surface area (TPSA) is 64.7 Å². The van der Waals surface area contributed by atoms with Gasteiger partial charge < -0.3 is 20.3 Å². The summed E-state index contributed by atoms with van der Waals surface area (Å²) in [6, 6.07) is 5.01. The molecule has 1 aromatic carbocycles. The van der Waals surface area contributed by atoms with Gasteiger partial charge in [0, 0.05) is 12.5 Å². The molecule has 1 saturated heterocycles. The molecule has 15 heavy (non-hydrogen) atoms. The molecule has 0 spiro atoms. The van der Waals surface area contributed by atoms with E-state index in [0.29, 0.717) is 24.0 Å². The Hall–Kier alpha value is -1.42. The van der Waals surface area contributed by atoms with Crippen LogP contribution < -0.4 is 10.5 Å². The fourth-order valence-corrected chi connectivity index (χ4v) is 1.58. The minimum absolute atomic E-state index is 0.0650. The van der Waals surface area contributed by atoms with Crippen LogP contribution in [0.15, 0.2) is 18.2 Å². The van der Waals surface area contributed by atoms with E-state index in [1.807, 2.05) is 0 Å². The summed E-state index contributed by atoms with van der Waals surface area (Å²) in [6.07, 6.45) is 1.03. The number of aromatic hydroxyl groups is 1. The fourth-order valence-electron chi connectivity index (χ4n) is 1.58. The summed E-state index contributed by atoms with van der Waals surface area (Å²) in [5.41, 5.74) is 5.96. The number of nitrogen functional groups attached to an aromatic ring is 1. The molecule has 3 N–H and O–H groups in total. The van der Waals surface area contributed by atoms with Crippen LogP contribution in [0.1, 0.15) is 6.42 Å². The molecule has 4 heteroatoms. The van der Waals surface area contributed by atoms with Gasteiger partial charge >= 0.3 is 0 Å². The number of benzene rings is 1. The molecule has 0 amide bonds. The Balaban J connectivity index is 1.95. The average molecular weight is 209 g/mol. The summed E-state index contributed by atoms with van der Waals surface area (Å²) < 4.78 is 10.8. The van der Waals surface area contributed by atoms with Gasteiger partial charge in [-0.3, -0.25) is 0 Å². The number of nitrogens with two attached hydrogens (primary N) is 1. The van der Waals surface area contributed by atoms with Crippen molar-refractivity contribution in [2.24, 2.45) is 5.92 Å². The van der Waals surface area contributed by atoms with E-state index in [1.165, 1.54) is 0 Å². The van der Waals surface area contributed by atoms with Crippen LogP contribution in [-0.2, 0) is 4.74 Å². The van der Waals surface area contributed by atoms with Crippen LogP contribution in [0.2, 0.25) is 0 Å². The van der Waals surface area contributed by atoms with Crippen LogP contribution in [0.5, 0.6) is 11.5 Å². The van der Waals surface area contributed by atoms with Crippen LogP contribution in [0.3, 0.4) is 0 Å². The molecule has 2 rings (SSSR count). The number of phenols is 1. The maximum atomic E-state index is 9.36. The van der Waals surface area contributed by atoms with Crippen molar-refractivity contribution >= 4 is 5.69 Å². The Labute approximate surface area is 88.6 Å². The third-order valence-corrected chi connectivity index (χ3v) is 2.54. The van der Waals surface area contributed by atoms with E-state index in [9.17, 15) is 5.11 Å². The van der Waals surface area contributed by atoms with Crippen LogP contribution >= 0.6 is 0 Å². The summed E-state index contributed by atoms with van der Waals surface area (Å²) in [5.74, 6) is 1.05. The number of rotatable bonds is 3. The molecule has 4 nitrogen and oxygen atoms in total. The normalized spacial score (nSPS) is 20.4. The van der Waals surface area contributed by atoms with Gasteiger partial charge in [0.05, 0.1) is 13.2 Å². The van der Waals surface area contributed by atoms with Crippen molar-refractivity contribution in [1.82, 2.24) is 0 Å². The maximum Gasteiger partial charge on any atom is 0.146 e. The number of anilines is 1. The molecule has 0 bridgehead atoms. The third-order valence-electron chi connectivity index (χ3n) is 2.54. The van der Waals surface area contributed by atoms with Gasteiger partial charge in [-0.2, -0.15) is 0 Å². The van der Waals surface area contributed by atoms with Crippen molar-refractivity contribution in [3.05, 3.63) is 18.2 Å². The highest BCUT2D eigenvalue weighted by Gasteiger charge is 2.16. The van der Waals surface area contributed by atoms with Gasteiger partial charge in [0.2, 0.25) is 0 Å². The molecule has 0 aromatic heterocycles. The van der Waals surface area contributed by atoms with Crippen LogP contribution in [0.25, 0.3) is 0 Å². The summed E-state index contributed by atoms with van der Waals surface area (Å²) in [7, 11) is 0. The molecule has 0 aliphatic carbocycles. The molecule has 0 saturated carbocycles. The van der Waals surface area contributed by atoms with E-state index in [1.54, 1.807) is 18.2 Å². The van der Waals surface area contributed by atoms with Crippen molar-refractivity contribution in [2.45, 2.75) is 6.42 Å². The molecular weight excluding hydrogens is 194 g/mol. The second-order valence-electron chi connectivity index (χ2n) is 3.73. The van der Waals surface area contributed by atoms with Crippen molar-refractivity contribution < 1.29 is 14.6 Å². The quantitative estimate of drug-likeness (QED) is 0.583. The Morgan fingerprint density at radius 3 is 3.13 bits per heavy atom. The zero-order chi connectivity index (χ0) is 10.7. The highest BCUT2D eigenvalue weighted by Crippen LogP contribution is 2.30. The third kappa shape index (κ3) is 2.33. The molecule has 1 unspecified atom stereocenters. The molecule has 1 fully saturated rings. The van der Waals surface area contributed by atoms with Crippen LogP contribution in [0.4, 0.5) is 5.69 Å². The number of hydrogen-bond acceptors (Lipinski definition) is 4. The van der Waals surface area contributed by atoms with Crippen molar-refractivity contribution in [2.75, 3.05) is 25.6 Å². The first-order valence-corrected chi connectivity index (χ1v) is 5.05. The Morgan fingerprint density at radius 2 is 2.40 bits per heavy atom. The summed E-state index contributed by atoms with van der Waals surface area (Å²) in [6.45, 7) is 2.15. The zero-order valence-electron chi connectivity index (χ0n) is 8.48. The van der Waals surface area contributed by atoms with Gasteiger partial charge in [-0.1, -0.05) is 6.07 Å². The monoisotopic (exact) mass is 209 g/mol. The highest BCUT2D eigenvalue weighted by molar-refractivity contribution is 5.61. The van der Waals surface area contributed by atoms with E-state index < -0.39 is 0 Å². The largest absolute Gasteiger partial charge is 0.506 e. The second kappa shape index (κ2) is 4.40. The van der Waals surface area contributed by atoms with Crippen molar-refractivity contribution in [3.8, 4) is 11.5 Å². The van der Waals surface area contributed by atoms with Crippen LogP contribution in [0, 0.1) is 5.92 Å². The lowest BCUT2D eigenvalue weighted by molar-refractivity contribution is 0.167. The predicted octanol–water partition coefficient (Wildman–Crippen LogP) is 1.39. The average Bonchev–Trinajstić information content (AvgIpc) is 2.73. The molecule has 1 aliphatic heterocycles.